The van der Waals surface area contributed by atoms with Gasteiger partial charge < -0.3 is 4.90 Å². The van der Waals surface area contributed by atoms with Gasteiger partial charge in [0.2, 0.25) is 0 Å². The monoisotopic (exact) mass is 258 g/mol. The SMILES string of the molecule is C=C(Cl)CN1CCC(CN(C)CCCC)CC1. The average Bonchev–Trinajstić information content (AvgIpc) is 2.28. The van der Waals surface area contributed by atoms with Gasteiger partial charge in [-0.2, -0.15) is 0 Å². The number of hydrogen-bond donors (Lipinski definition) is 0. The van der Waals surface area contributed by atoms with Crippen molar-refractivity contribution in [3.05, 3.63) is 11.6 Å². The molecule has 1 aliphatic rings. The summed E-state index contributed by atoms with van der Waals surface area (Å²) < 4.78 is 0. The first-order valence-electron chi connectivity index (χ1n) is 6.86. The van der Waals surface area contributed by atoms with E-state index in [-0.39, 0.29) is 0 Å². The lowest BCUT2D eigenvalue weighted by molar-refractivity contribution is 0.163. The molecule has 0 aromatic carbocycles. The molecule has 0 aromatic rings. The normalized spacial score (nSPS) is 18.8. The molecule has 0 aromatic heterocycles. The molecule has 0 aliphatic carbocycles. The second-order valence-corrected chi connectivity index (χ2v) is 5.89. The molecule has 3 heteroatoms. The number of likely N-dealkylation sites (tertiary alicyclic amines) is 1. The maximum Gasteiger partial charge on any atom is 0.0335 e. The van der Waals surface area contributed by atoms with Gasteiger partial charge in [0, 0.05) is 18.1 Å². The highest BCUT2D eigenvalue weighted by Crippen LogP contribution is 2.19. The fraction of sp³-hybridized carbons (Fsp3) is 0.857. The van der Waals surface area contributed by atoms with Crippen LogP contribution in [0.5, 0.6) is 0 Å². The van der Waals surface area contributed by atoms with Crippen LogP contribution in [0.25, 0.3) is 0 Å². The molecule has 0 amide bonds. The lowest BCUT2D eigenvalue weighted by Crippen LogP contribution is -2.38. The van der Waals surface area contributed by atoms with Crippen LogP contribution in [0.4, 0.5) is 0 Å². The maximum atomic E-state index is 5.84. The van der Waals surface area contributed by atoms with E-state index in [9.17, 15) is 0 Å². The van der Waals surface area contributed by atoms with Crippen molar-refractivity contribution in [3.8, 4) is 0 Å². The van der Waals surface area contributed by atoms with Crippen LogP contribution in [-0.2, 0) is 0 Å². The lowest BCUT2D eigenvalue weighted by Gasteiger charge is -2.33. The summed E-state index contributed by atoms with van der Waals surface area (Å²) in [6.07, 6.45) is 5.23. The number of piperidine rings is 1. The molecule has 17 heavy (non-hydrogen) atoms. The molecule has 0 bridgehead atoms. The van der Waals surface area contributed by atoms with Gasteiger partial charge in [-0.1, -0.05) is 31.5 Å². The van der Waals surface area contributed by atoms with Gasteiger partial charge in [-0.15, -0.1) is 0 Å². The Bertz CT molecular complexity index is 222. The van der Waals surface area contributed by atoms with Gasteiger partial charge >= 0.3 is 0 Å². The Labute approximate surface area is 112 Å². The third kappa shape index (κ3) is 6.44. The van der Waals surface area contributed by atoms with Gasteiger partial charge in [0.05, 0.1) is 0 Å². The Balaban J connectivity index is 2.16. The zero-order chi connectivity index (χ0) is 12.7. The van der Waals surface area contributed by atoms with E-state index in [0.29, 0.717) is 0 Å². The summed E-state index contributed by atoms with van der Waals surface area (Å²) in [5.74, 6) is 0.872. The van der Waals surface area contributed by atoms with Crippen molar-refractivity contribution in [3.63, 3.8) is 0 Å². The van der Waals surface area contributed by atoms with Gasteiger partial charge in [-0.25, -0.2) is 0 Å². The highest BCUT2D eigenvalue weighted by atomic mass is 35.5. The van der Waals surface area contributed by atoms with Crippen LogP contribution in [0.2, 0.25) is 0 Å². The van der Waals surface area contributed by atoms with E-state index in [1.54, 1.807) is 0 Å². The predicted octanol–water partition coefficient (Wildman–Crippen LogP) is 3.18. The van der Waals surface area contributed by atoms with Gasteiger partial charge in [0.15, 0.2) is 0 Å². The van der Waals surface area contributed by atoms with E-state index in [1.807, 2.05) is 0 Å². The number of hydrogen-bond acceptors (Lipinski definition) is 2. The largest absolute Gasteiger partial charge is 0.306 e. The van der Waals surface area contributed by atoms with E-state index < -0.39 is 0 Å². The maximum absolute atomic E-state index is 5.84. The van der Waals surface area contributed by atoms with Crippen LogP contribution in [0, 0.1) is 5.92 Å². The molecule has 1 fully saturated rings. The molecule has 100 valence electrons. The summed E-state index contributed by atoms with van der Waals surface area (Å²) in [5.41, 5.74) is 0. The Morgan fingerprint density at radius 3 is 2.59 bits per heavy atom. The van der Waals surface area contributed by atoms with Crippen molar-refractivity contribution >= 4 is 11.6 Å². The van der Waals surface area contributed by atoms with Gasteiger partial charge in [-0.3, -0.25) is 4.90 Å². The van der Waals surface area contributed by atoms with Crippen LogP contribution < -0.4 is 0 Å². The van der Waals surface area contributed by atoms with Crippen molar-refractivity contribution in [1.29, 1.82) is 0 Å². The van der Waals surface area contributed by atoms with Gasteiger partial charge in [0.1, 0.15) is 0 Å². The Morgan fingerprint density at radius 1 is 1.41 bits per heavy atom. The summed E-state index contributed by atoms with van der Waals surface area (Å²) in [6, 6.07) is 0. The lowest BCUT2D eigenvalue weighted by atomic mass is 9.96. The van der Waals surface area contributed by atoms with Crippen molar-refractivity contribution < 1.29 is 0 Å². The number of unbranched alkanes of at least 4 members (excludes halogenated alkanes) is 1. The first kappa shape index (κ1) is 15.0. The number of halogens is 1. The van der Waals surface area contributed by atoms with Gasteiger partial charge in [-0.05, 0) is 51.9 Å². The van der Waals surface area contributed by atoms with Crippen LogP contribution in [0.1, 0.15) is 32.6 Å². The van der Waals surface area contributed by atoms with Crippen LogP contribution >= 0.6 is 11.6 Å². The zero-order valence-electron chi connectivity index (χ0n) is 11.4. The second kappa shape index (κ2) is 8.12. The quantitative estimate of drug-likeness (QED) is 0.692. The van der Waals surface area contributed by atoms with E-state index >= 15 is 0 Å². The molecule has 0 saturated carbocycles. The van der Waals surface area contributed by atoms with Crippen molar-refractivity contribution in [1.82, 2.24) is 9.80 Å². The minimum absolute atomic E-state index is 0.767. The molecule has 0 unspecified atom stereocenters. The topological polar surface area (TPSA) is 6.48 Å². The molecule has 2 nitrogen and oxygen atoms in total. The minimum atomic E-state index is 0.767. The second-order valence-electron chi connectivity index (χ2n) is 5.35. The number of rotatable bonds is 7. The molecule has 0 atom stereocenters. The Morgan fingerprint density at radius 2 is 2.06 bits per heavy atom. The fourth-order valence-electron chi connectivity index (χ4n) is 2.53. The van der Waals surface area contributed by atoms with E-state index in [0.717, 1.165) is 17.5 Å². The van der Waals surface area contributed by atoms with Crippen molar-refractivity contribution in [2.45, 2.75) is 32.6 Å². The molecule has 0 N–H and O–H groups in total. The molecule has 1 heterocycles. The Kier molecular flexibility index (Phi) is 7.17. The fourth-order valence-corrected chi connectivity index (χ4v) is 2.70. The highest BCUT2D eigenvalue weighted by molar-refractivity contribution is 6.29. The van der Waals surface area contributed by atoms with Crippen LogP contribution in [0.3, 0.4) is 0 Å². The van der Waals surface area contributed by atoms with Gasteiger partial charge in [0.25, 0.3) is 0 Å². The van der Waals surface area contributed by atoms with Crippen molar-refractivity contribution in [2.75, 3.05) is 39.8 Å². The predicted molar refractivity (Wildman–Crippen MR) is 76.6 cm³/mol. The summed E-state index contributed by atoms with van der Waals surface area (Å²) >= 11 is 5.84. The Hall–Kier alpha value is -0.0500. The average molecular weight is 259 g/mol. The zero-order valence-corrected chi connectivity index (χ0v) is 12.2. The molecular weight excluding hydrogens is 232 g/mol. The summed E-state index contributed by atoms with van der Waals surface area (Å²) in [6.45, 7) is 11.7. The molecule has 1 saturated heterocycles. The smallest absolute Gasteiger partial charge is 0.0335 e. The van der Waals surface area contributed by atoms with E-state index in [2.05, 4.69) is 30.4 Å². The summed E-state index contributed by atoms with van der Waals surface area (Å²) in [5, 5.41) is 0.767. The molecule has 0 radical (unpaired) electrons. The number of nitrogens with zero attached hydrogens (tertiary/aromatic N) is 2. The summed E-state index contributed by atoms with van der Waals surface area (Å²) in [7, 11) is 2.25. The summed E-state index contributed by atoms with van der Waals surface area (Å²) in [4.78, 5) is 4.90. The molecular formula is C14H27ClN2. The minimum Gasteiger partial charge on any atom is -0.306 e. The van der Waals surface area contributed by atoms with Crippen LogP contribution in [0.15, 0.2) is 11.6 Å². The molecule has 1 rings (SSSR count). The molecule has 0 spiro atoms. The first-order valence-corrected chi connectivity index (χ1v) is 7.23. The standard InChI is InChI=1S/C14H27ClN2/c1-4-5-8-16(3)12-14-6-9-17(10-7-14)11-13(2)15/h14H,2,4-12H2,1,3H3. The van der Waals surface area contributed by atoms with Crippen molar-refractivity contribution in [2.24, 2.45) is 5.92 Å². The third-order valence-corrected chi connectivity index (χ3v) is 3.69. The highest BCUT2D eigenvalue weighted by Gasteiger charge is 2.20. The van der Waals surface area contributed by atoms with E-state index in [4.69, 9.17) is 11.6 Å². The molecule has 1 aliphatic heterocycles. The van der Waals surface area contributed by atoms with Crippen LogP contribution in [-0.4, -0.2) is 49.6 Å². The first-order chi connectivity index (χ1) is 8.11. The van der Waals surface area contributed by atoms with E-state index in [1.165, 1.54) is 51.9 Å². The third-order valence-electron chi connectivity index (χ3n) is 3.57.